The van der Waals surface area contributed by atoms with Crippen molar-refractivity contribution in [2.24, 2.45) is 0 Å². The minimum absolute atomic E-state index is 0.0456. The third kappa shape index (κ3) is 5.25. The van der Waals surface area contributed by atoms with Crippen molar-refractivity contribution in [3.63, 3.8) is 0 Å². The van der Waals surface area contributed by atoms with Crippen molar-refractivity contribution in [2.75, 3.05) is 7.11 Å². The van der Waals surface area contributed by atoms with Gasteiger partial charge < -0.3 is 9.47 Å². The summed E-state index contributed by atoms with van der Waals surface area (Å²) in [5.74, 6) is -0.623. The minimum atomic E-state index is -4.50. The summed E-state index contributed by atoms with van der Waals surface area (Å²) in [4.78, 5) is 11.7. The maximum absolute atomic E-state index is 13.4. The number of carbonyl (C=O) groups is 1. The molecule has 0 bridgehead atoms. The van der Waals surface area contributed by atoms with Crippen LogP contribution in [0, 0.1) is 0 Å². The molecule has 0 spiro atoms. The third-order valence-electron chi connectivity index (χ3n) is 4.44. The zero-order valence-electron chi connectivity index (χ0n) is 15.7. The molecule has 27 heavy (non-hydrogen) atoms. The molecule has 2 rings (SSSR count). The first-order chi connectivity index (χ1) is 12.8. The molecule has 3 nitrogen and oxygen atoms in total. The molecule has 0 amide bonds. The van der Waals surface area contributed by atoms with Gasteiger partial charge in [0.1, 0.15) is 12.4 Å². The lowest BCUT2D eigenvalue weighted by molar-refractivity contribution is -0.140. The summed E-state index contributed by atoms with van der Waals surface area (Å²) in [6, 6.07) is 9.57. The molecule has 0 aliphatic rings. The van der Waals surface area contributed by atoms with E-state index in [0.717, 1.165) is 17.2 Å². The number of ether oxygens (including phenoxy) is 2. The summed E-state index contributed by atoms with van der Waals surface area (Å²) >= 11 is 0. The largest absolute Gasteiger partial charge is 0.488 e. The van der Waals surface area contributed by atoms with Crippen molar-refractivity contribution < 1.29 is 27.4 Å². The fourth-order valence-electron chi connectivity index (χ4n) is 2.89. The summed E-state index contributed by atoms with van der Waals surface area (Å²) < 4.78 is 50.5. The van der Waals surface area contributed by atoms with E-state index >= 15 is 0 Å². The fraction of sp³-hybridized carbons (Fsp3) is 0.381. The fourth-order valence-corrected chi connectivity index (χ4v) is 2.89. The van der Waals surface area contributed by atoms with Gasteiger partial charge in [-0.15, -0.1) is 0 Å². The van der Waals surface area contributed by atoms with Crippen LogP contribution in [0.15, 0.2) is 36.4 Å². The van der Waals surface area contributed by atoms with Gasteiger partial charge in [-0.2, -0.15) is 13.2 Å². The van der Waals surface area contributed by atoms with E-state index in [1.165, 1.54) is 13.2 Å². The lowest BCUT2D eigenvalue weighted by atomic mass is 9.97. The Morgan fingerprint density at radius 2 is 1.74 bits per heavy atom. The zero-order valence-corrected chi connectivity index (χ0v) is 15.7. The van der Waals surface area contributed by atoms with Crippen LogP contribution >= 0.6 is 0 Å². The predicted molar refractivity (Wildman–Crippen MR) is 96.7 cm³/mol. The molecule has 2 aromatic carbocycles. The highest BCUT2D eigenvalue weighted by Crippen LogP contribution is 2.37. The van der Waals surface area contributed by atoms with Gasteiger partial charge in [-0.25, -0.2) is 0 Å². The van der Waals surface area contributed by atoms with Gasteiger partial charge >= 0.3 is 12.1 Å². The molecule has 0 saturated heterocycles. The van der Waals surface area contributed by atoms with Crippen molar-refractivity contribution in [3.8, 4) is 5.75 Å². The monoisotopic (exact) mass is 380 g/mol. The normalized spacial score (nSPS) is 11.3. The average Bonchev–Trinajstić information content (AvgIpc) is 2.65. The number of hydrogen-bond donors (Lipinski definition) is 0. The van der Waals surface area contributed by atoms with Crippen LogP contribution in [0.25, 0.3) is 0 Å². The number of aryl methyl sites for hydroxylation is 2. The molecule has 0 aliphatic heterocycles. The molecule has 0 atom stereocenters. The molecule has 0 aromatic heterocycles. The number of rotatable bonds is 7. The van der Waals surface area contributed by atoms with Gasteiger partial charge in [0.2, 0.25) is 0 Å². The van der Waals surface area contributed by atoms with Crippen LogP contribution in [0.2, 0.25) is 0 Å². The van der Waals surface area contributed by atoms with Gasteiger partial charge in [-0.3, -0.25) is 4.79 Å². The van der Waals surface area contributed by atoms with Crippen LogP contribution < -0.4 is 4.74 Å². The molecule has 0 aliphatic carbocycles. The first-order valence-electron chi connectivity index (χ1n) is 8.79. The van der Waals surface area contributed by atoms with E-state index in [2.05, 4.69) is 0 Å². The van der Waals surface area contributed by atoms with E-state index in [1.807, 2.05) is 19.1 Å². The van der Waals surface area contributed by atoms with Crippen molar-refractivity contribution in [1.82, 2.24) is 0 Å². The van der Waals surface area contributed by atoms with Crippen LogP contribution in [0.5, 0.6) is 5.75 Å². The maximum atomic E-state index is 13.4. The molecule has 0 unspecified atom stereocenters. The summed E-state index contributed by atoms with van der Waals surface area (Å²) in [5.41, 5.74) is 2.15. The molecule has 0 fully saturated rings. The Morgan fingerprint density at radius 3 is 2.33 bits per heavy atom. The SMILES string of the molecule is CCc1ccc(OCc2c(CC)cccc2CC(=O)OC)c(C(F)(F)F)c1. The lowest BCUT2D eigenvalue weighted by Crippen LogP contribution is -2.13. The van der Waals surface area contributed by atoms with Crippen LogP contribution in [-0.4, -0.2) is 13.1 Å². The van der Waals surface area contributed by atoms with Crippen molar-refractivity contribution in [1.29, 1.82) is 0 Å². The number of methoxy groups -OCH3 is 1. The first kappa shape index (κ1) is 20.8. The smallest absolute Gasteiger partial charge is 0.419 e. The summed E-state index contributed by atoms with van der Waals surface area (Å²) in [6.07, 6.45) is -3.27. The molecular formula is C21H23F3O3. The van der Waals surface area contributed by atoms with Crippen molar-refractivity contribution >= 4 is 5.97 Å². The topological polar surface area (TPSA) is 35.5 Å². The number of hydrogen-bond acceptors (Lipinski definition) is 3. The molecule has 6 heteroatoms. The molecule has 0 saturated carbocycles. The van der Waals surface area contributed by atoms with Gasteiger partial charge in [0.25, 0.3) is 0 Å². The number of benzene rings is 2. The molecule has 2 aromatic rings. The number of alkyl halides is 3. The van der Waals surface area contributed by atoms with E-state index in [1.54, 1.807) is 19.1 Å². The Hall–Kier alpha value is -2.50. The van der Waals surface area contributed by atoms with Crippen LogP contribution in [-0.2, 0) is 41.6 Å². The third-order valence-corrected chi connectivity index (χ3v) is 4.44. The Labute approximate surface area is 157 Å². The zero-order chi connectivity index (χ0) is 20.0. The number of esters is 1. The van der Waals surface area contributed by atoms with E-state index in [4.69, 9.17) is 9.47 Å². The Bertz CT molecular complexity index is 798. The van der Waals surface area contributed by atoms with E-state index in [9.17, 15) is 18.0 Å². The highest BCUT2D eigenvalue weighted by molar-refractivity contribution is 5.73. The molecule has 146 valence electrons. The predicted octanol–water partition coefficient (Wildman–Crippen LogP) is 5.12. The second-order valence-corrected chi connectivity index (χ2v) is 6.13. The van der Waals surface area contributed by atoms with Gasteiger partial charge in [0.15, 0.2) is 0 Å². The van der Waals surface area contributed by atoms with Gasteiger partial charge in [-0.05, 0) is 47.2 Å². The van der Waals surface area contributed by atoms with E-state index in [-0.39, 0.29) is 18.8 Å². The Morgan fingerprint density at radius 1 is 1.04 bits per heavy atom. The Balaban J connectivity index is 2.35. The second kappa shape index (κ2) is 8.93. The summed E-state index contributed by atoms with van der Waals surface area (Å²) in [5, 5.41) is 0. The van der Waals surface area contributed by atoms with Crippen molar-refractivity contribution in [2.45, 2.75) is 45.9 Å². The number of halogens is 3. The van der Waals surface area contributed by atoms with Crippen LogP contribution in [0.3, 0.4) is 0 Å². The number of carbonyl (C=O) groups excluding carboxylic acids is 1. The van der Waals surface area contributed by atoms with Gasteiger partial charge in [0, 0.05) is 0 Å². The van der Waals surface area contributed by atoms with Crippen LogP contribution in [0.4, 0.5) is 13.2 Å². The quantitative estimate of drug-likeness (QED) is 0.625. The molecule has 0 heterocycles. The average molecular weight is 380 g/mol. The minimum Gasteiger partial charge on any atom is -0.488 e. The highest BCUT2D eigenvalue weighted by atomic mass is 19.4. The van der Waals surface area contributed by atoms with E-state index in [0.29, 0.717) is 24.0 Å². The maximum Gasteiger partial charge on any atom is 0.419 e. The van der Waals surface area contributed by atoms with E-state index < -0.39 is 17.7 Å². The Kier molecular flexibility index (Phi) is 6.88. The van der Waals surface area contributed by atoms with Crippen molar-refractivity contribution in [3.05, 3.63) is 64.2 Å². The molecular weight excluding hydrogens is 357 g/mol. The molecule has 0 N–H and O–H groups in total. The van der Waals surface area contributed by atoms with Gasteiger partial charge in [0.05, 0.1) is 19.1 Å². The summed E-state index contributed by atoms with van der Waals surface area (Å²) in [7, 11) is 1.30. The standard InChI is InChI=1S/C21H23F3O3/c1-4-14-9-10-19(18(11-14)21(22,23)24)27-13-17-15(5-2)7-6-8-16(17)12-20(25)26-3/h6-11H,4-5,12-13H2,1-3H3. The van der Waals surface area contributed by atoms with Crippen LogP contribution in [0.1, 0.15) is 41.7 Å². The first-order valence-corrected chi connectivity index (χ1v) is 8.79. The summed E-state index contributed by atoms with van der Waals surface area (Å²) in [6.45, 7) is 3.69. The van der Waals surface area contributed by atoms with Gasteiger partial charge in [-0.1, -0.05) is 38.1 Å². The molecule has 0 radical (unpaired) electrons. The second-order valence-electron chi connectivity index (χ2n) is 6.13. The highest BCUT2D eigenvalue weighted by Gasteiger charge is 2.34. The lowest BCUT2D eigenvalue weighted by Gasteiger charge is -2.18.